The number of nitrogens with one attached hydrogen (secondary N) is 3. The summed E-state index contributed by atoms with van der Waals surface area (Å²) >= 11 is 0. The number of fused-ring (bicyclic) bond motifs is 2. The molecule has 35 heavy (non-hydrogen) atoms. The molecule has 0 atom stereocenters. The summed E-state index contributed by atoms with van der Waals surface area (Å²) in [6.07, 6.45) is 1.61. The van der Waals surface area contributed by atoms with Crippen molar-refractivity contribution in [1.82, 2.24) is 19.9 Å². The van der Waals surface area contributed by atoms with Crippen LogP contribution in [0, 0.1) is 11.3 Å². The van der Waals surface area contributed by atoms with Gasteiger partial charge in [-0.15, -0.1) is 0 Å². The molecular formula is C24H17N5O5S. The molecule has 5 aromatic rings. The molecule has 0 aliphatic carbocycles. The average Bonchev–Trinajstić information content (AvgIpc) is 3.44. The van der Waals surface area contributed by atoms with Crippen molar-refractivity contribution in [1.29, 1.82) is 5.26 Å². The number of methoxy groups -OCH3 is 1. The smallest absolute Gasteiger partial charge is 0.339 e. The van der Waals surface area contributed by atoms with E-state index >= 15 is 0 Å². The molecule has 2 heterocycles. The van der Waals surface area contributed by atoms with Crippen LogP contribution in [0.2, 0.25) is 0 Å². The molecule has 0 aliphatic heterocycles. The van der Waals surface area contributed by atoms with E-state index in [0.717, 1.165) is 11.0 Å². The van der Waals surface area contributed by atoms with Crippen LogP contribution in [0.1, 0.15) is 11.4 Å². The number of rotatable bonds is 6. The first-order chi connectivity index (χ1) is 16.9. The molecule has 0 saturated heterocycles. The predicted octanol–water partition coefficient (Wildman–Crippen LogP) is 3.57. The molecular weight excluding hydrogens is 470 g/mol. The van der Waals surface area contributed by atoms with E-state index in [1.807, 2.05) is 24.3 Å². The maximum atomic E-state index is 12.9. The monoisotopic (exact) mass is 487 g/mol. The summed E-state index contributed by atoms with van der Waals surface area (Å²) in [6.45, 7) is 0. The van der Waals surface area contributed by atoms with Gasteiger partial charge in [-0.3, -0.25) is 0 Å². The SMILES string of the molecule is COc1cc(C=C(C#N)c2nc3ccccc3[nH]2)ccc1OS(=O)(=O)c1ccc2[nH]c(=O)[nH]c2c1. The molecule has 10 nitrogen and oxygen atoms in total. The van der Waals surface area contributed by atoms with Crippen molar-refractivity contribution in [3.63, 3.8) is 0 Å². The number of para-hydroxylation sites is 2. The first kappa shape index (κ1) is 22.0. The summed E-state index contributed by atoms with van der Waals surface area (Å²) in [5, 5.41) is 9.66. The number of imidazole rings is 2. The number of aromatic nitrogens is 4. The molecule has 0 fully saturated rings. The number of H-pyrrole nitrogens is 3. The van der Waals surface area contributed by atoms with Gasteiger partial charge in [0.05, 0.1) is 34.7 Å². The van der Waals surface area contributed by atoms with Crippen molar-refractivity contribution in [2.24, 2.45) is 0 Å². The first-order valence-electron chi connectivity index (χ1n) is 10.3. The van der Waals surface area contributed by atoms with Crippen LogP contribution in [0.4, 0.5) is 0 Å². The Balaban J connectivity index is 1.46. The Labute approximate surface area is 198 Å². The van der Waals surface area contributed by atoms with Crippen LogP contribution in [0.25, 0.3) is 33.7 Å². The number of ether oxygens (including phenoxy) is 1. The van der Waals surface area contributed by atoms with Gasteiger partial charge in [-0.2, -0.15) is 13.7 Å². The van der Waals surface area contributed by atoms with Crippen molar-refractivity contribution in [2.45, 2.75) is 4.90 Å². The molecule has 3 N–H and O–H groups in total. The van der Waals surface area contributed by atoms with Gasteiger partial charge in [-0.1, -0.05) is 18.2 Å². The Morgan fingerprint density at radius 1 is 0.971 bits per heavy atom. The highest BCUT2D eigenvalue weighted by Crippen LogP contribution is 2.32. The van der Waals surface area contributed by atoms with Gasteiger partial charge in [-0.05, 0) is 54.1 Å². The quantitative estimate of drug-likeness (QED) is 0.244. The van der Waals surface area contributed by atoms with Crippen LogP contribution in [-0.4, -0.2) is 35.5 Å². The molecule has 11 heteroatoms. The minimum Gasteiger partial charge on any atom is -0.493 e. The van der Waals surface area contributed by atoms with Crippen molar-refractivity contribution in [2.75, 3.05) is 7.11 Å². The first-order valence-corrected chi connectivity index (χ1v) is 11.7. The van der Waals surface area contributed by atoms with Gasteiger partial charge in [0.15, 0.2) is 11.5 Å². The largest absolute Gasteiger partial charge is 0.493 e. The fourth-order valence-electron chi connectivity index (χ4n) is 3.58. The fraction of sp³-hybridized carbons (Fsp3) is 0.0417. The van der Waals surface area contributed by atoms with Crippen LogP contribution < -0.4 is 14.6 Å². The molecule has 0 saturated carbocycles. The van der Waals surface area contributed by atoms with Crippen molar-refractivity contribution in [3.05, 3.63) is 82.5 Å². The van der Waals surface area contributed by atoms with Crippen LogP contribution in [0.5, 0.6) is 11.5 Å². The van der Waals surface area contributed by atoms with E-state index in [1.165, 1.54) is 31.4 Å². The van der Waals surface area contributed by atoms with E-state index in [4.69, 9.17) is 8.92 Å². The lowest BCUT2D eigenvalue weighted by atomic mass is 10.1. The summed E-state index contributed by atoms with van der Waals surface area (Å²) in [7, 11) is -2.85. The highest BCUT2D eigenvalue weighted by atomic mass is 32.2. The summed E-state index contributed by atoms with van der Waals surface area (Å²) in [5.74, 6) is 0.531. The third-order valence-electron chi connectivity index (χ3n) is 5.24. The van der Waals surface area contributed by atoms with Gasteiger partial charge >= 0.3 is 15.8 Å². The number of allylic oxidation sites excluding steroid dienone is 1. The van der Waals surface area contributed by atoms with Gasteiger partial charge in [0.1, 0.15) is 16.8 Å². The third kappa shape index (κ3) is 4.25. The number of nitrogens with zero attached hydrogens (tertiary/aromatic N) is 2. The standard InChI is InChI=1S/C24H17N5O5S/c1-33-22-11-14(10-15(13-25)23-26-17-4-2-3-5-18(17)27-23)6-9-21(22)34-35(31,32)16-7-8-19-20(12-16)29-24(30)28-19/h2-12H,1H3,(H,26,27)(H2,28,29,30). The summed E-state index contributed by atoms with van der Waals surface area (Å²) in [4.78, 5) is 23.9. The van der Waals surface area contributed by atoms with E-state index in [0.29, 0.717) is 28.0 Å². The zero-order chi connectivity index (χ0) is 24.6. The Bertz CT molecular complexity index is 1790. The van der Waals surface area contributed by atoms with Gasteiger partial charge in [0, 0.05) is 0 Å². The average molecular weight is 487 g/mol. The van der Waals surface area contributed by atoms with Crippen LogP contribution >= 0.6 is 0 Å². The lowest BCUT2D eigenvalue weighted by molar-refractivity contribution is 0.390. The van der Waals surface area contributed by atoms with E-state index in [2.05, 4.69) is 26.0 Å². The van der Waals surface area contributed by atoms with Crippen molar-refractivity contribution < 1.29 is 17.3 Å². The molecule has 5 rings (SSSR count). The van der Waals surface area contributed by atoms with Crippen molar-refractivity contribution in [3.8, 4) is 17.6 Å². The number of aromatic amines is 3. The van der Waals surface area contributed by atoms with E-state index in [9.17, 15) is 18.5 Å². The zero-order valence-electron chi connectivity index (χ0n) is 18.2. The minimum absolute atomic E-state index is 0.0328. The van der Waals surface area contributed by atoms with Crippen molar-refractivity contribution >= 4 is 43.8 Å². The second-order valence-electron chi connectivity index (χ2n) is 7.51. The maximum absolute atomic E-state index is 12.9. The van der Waals surface area contributed by atoms with Gasteiger partial charge in [0.25, 0.3) is 0 Å². The zero-order valence-corrected chi connectivity index (χ0v) is 19.0. The molecule has 0 bridgehead atoms. The molecule has 0 amide bonds. The molecule has 0 spiro atoms. The second-order valence-corrected chi connectivity index (χ2v) is 9.05. The highest BCUT2D eigenvalue weighted by molar-refractivity contribution is 7.87. The molecule has 0 aliphatic rings. The lowest BCUT2D eigenvalue weighted by Gasteiger charge is -2.11. The van der Waals surface area contributed by atoms with E-state index < -0.39 is 15.8 Å². The van der Waals surface area contributed by atoms with Crippen LogP contribution in [0.3, 0.4) is 0 Å². The predicted molar refractivity (Wildman–Crippen MR) is 129 cm³/mol. The Morgan fingerprint density at radius 2 is 1.77 bits per heavy atom. The number of nitriles is 1. The Hall–Kier alpha value is -4.82. The molecule has 3 aromatic carbocycles. The summed E-state index contributed by atoms with van der Waals surface area (Å²) in [5.41, 5.74) is 2.77. The molecule has 2 aromatic heterocycles. The Morgan fingerprint density at radius 3 is 2.54 bits per heavy atom. The normalized spacial score (nSPS) is 12.1. The summed E-state index contributed by atoms with van der Waals surface area (Å²) in [6, 6.07) is 18.2. The lowest BCUT2D eigenvalue weighted by Crippen LogP contribution is -2.10. The summed E-state index contributed by atoms with van der Waals surface area (Å²) < 4.78 is 36.4. The second kappa shape index (κ2) is 8.51. The number of hydrogen-bond acceptors (Lipinski definition) is 7. The maximum Gasteiger partial charge on any atom is 0.339 e. The minimum atomic E-state index is -4.23. The van der Waals surface area contributed by atoms with Crippen LogP contribution in [0.15, 0.2) is 70.4 Å². The van der Waals surface area contributed by atoms with Crippen LogP contribution in [-0.2, 0) is 10.1 Å². The van der Waals surface area contributed by atoms with E-state index in [1.54, 1.807) is 18.2 Å². The highest BCUT2D eigenvalue weighted by Gasteiger charge is 2.20. The van der Waals surface area contributed by atoms with Gasteiger partial charge in [0.2, 0.25) is 0 Å². The van der Waals surface area contributed by atoms with Gasteiger partial charge < -0.3 is 23.9 Å². The third-order valence-corrected chi connectivity index (χ3v) is 6.47. The molecule has 0 radical (unpaired) electrons. The Kier molecular flexibility index (Phi) is 5.35. The topological polar surface area (TPSA) is 154 Å². The number of benzene rings is 3. The number of hydrogen-bond donors (Lipinski definition) is 3. The molecule has 174 valence electrons. The molecule has 0 unspecified atom stereocenters. The van der Waals surface area contributed by atoms with Gasteiger partial charge in [-0.25, -0.2) is 9.78 Å². The van der Waals surface area contributed by atoms with E-state index in [-0.39, 0.29) is 16.4 Å². The fourth-order valence-corrected chi connectivity index (χ4v) is 4.54.